The summed E-state index contributed by atoms with van der Waals surface area (Å²) in [6, 6.07) is 6.42. The summed E-state index contributed by atoms with van der Waals surface area (Å²) in [6.07, 6.45) is 4.37. The zero-order valence-electron chi connectivity index (χ0n) is 18.3. The molecular weight excluding hydrogens is 419 g/mol. The molecule has 1 aromatic carbocycles. The van der Waals surface area contributed by atoms with Crippen molar-refractivity contribution in [1.82, 2.24) is 4.90 Å². The van der Waals surface area contributed by atoms with Crippen molar-refractivity contribution < 1.29 is 22.3 Å². The van der Waals surface area contributed by atoms with Gasteiger partial charge in [0.25, 0.3) is 0 Å². The van der Waals surface area contributed by atoms with E-state index in [0.717, 1.165) is 38.6 Å². The second kappa shape index (κ2) is 9.69. The van der Waals surface area contributed by atoms with Crippen LogP contribution in [0.25, 0.3) is 0 Å². The Morgan fingerprint density at radius 3 is 2.42 bits per heavy atom. The zero-order valence-corrected chi connectivity index (χ0v) is 19.2. The molecule has 1 aliphatic carbocycles. The van der Waals surface area contributed by atoms with Crippen molar-refractivity contribution in [2.75, 3.05) is 25.4 Å². The molecule has 0 radical (unpaired) electrons. The minimum absolute atomic E-state index is 0.0237. The number of likely N-dealkylation sites (tertiary alicyclic amines) is 1. The maximum atomic E-state index is 12.9. The second-order valence-corrected chi connectivity index (χ2v) is 11.1. The average molecular weight is 453 g/mol. The van der Waals surface area contributed by atoms with Crippen LogP contribution < -0.4 is 10.5 Å². The molecule has 3 rings (SSSR count). The lowest BCUT2D eigenvalue weighted by Crippen LogP contribution is -2.40. The highest BCUT2D eigenvalue weighted by molar-refractivity contribution is 7.91. The molecule has 1 amide bonds. The first-order valence-electron chi connectivity index (χ1n) is 11.0. The molecule has 0 bridgehead atoms. The van der Waals surface area contributed by atoms with Crippen molar-refractivity contribution in [2.24, 2.45) is 17.1 Å². The van der Waals surface area contributed by atoms with E-state index in [1.807, 2.05) is 18.7 Å². The Kier molecular flexibility index (Phi) is 7.42. The van der Waals surface area contributed by atoms with E-state index in [-0.39, 0.29) is 47.1 Å². The van der Waals surface area contributed by atoms with Crippen LogP contribution in [0.5, 0.6) is 5.75 Å². The van der Waals surface area contributed by atoms with Gasteiger partial charge in [-0.05, 0) is 76.1 Å². The van der Waals surface area contributed by atoms with Crippen LogP contribution in [0, 0.1) is 11.3 Å². The fraction of sp³-hybridized carbons (Fsp3) is 0.609. The van der Waals surface area contributed by atoms with Crippen LogP contribution in [0.15, 0.2) is 41.1 Å². The number of carbonyl (C=O) groups is 1. The maximum absolute atomic E-state index is 12.9. The molecule has 1 saturated carbocycles. The summed E-state index contributed by atoms with van der Waals surface area (Å²) in [7, 11) is -3.43. The quantitative estimate of drug-likeness (QED) is 0.652. The molecule has 2 fully saturated rings. The molecular formula is C23H33FN2O4S. The average Bonchev–Trinajstić information content (AvgIpc) is 3.07. The summed E-state index contributed by atoms with van der Waals surface area (Å²) >= 11 is 0. The SMILES string of the molecule is CC(C)N1CCC2(CCC(CS(=O)(=O)c3ccc(OC/C(=C/F)CN)cc3)CC2)C1=O. The van der Waals surface area contributed by atoms with Gasteiger partial charge in [0.15, 0.2) is 9.84 Å². The van der Waals surface area contributed by atoms with E-state index in [0.29, 0.717) is 17.7 Å². The van der Waals surface area contributed by atoms with Gasteiger partial charge in [0, 0.05) is 24.7 Å². The lowest BCUT2D eigenvalue weighted by molar-refractivity contribution is -0.139. The van der Waals surface area contributed by atoms with Crippen LogP contribution >= 0.6 is 0 Å². The number of benzene rings is 1. The van der Waals surface area contributed by atoms with Crippen molar-refractivity contribution in [3.63, 3.8) is 0 Å². The van der Waals surface area contributed by atoms with E-state index in [2.05, 4.69) is 0 Å². The third-order valence-electron chi connectivity index (χ3n) is 6.71. The molecule has 8 heteroatoms. The highest BCUT2D eigenvalue weighted by Crippen LogP contribution is 2.47. The van der Waals surface area contributed by atoms with Crippen LogP contribution in [-0.4, -0.2) is 50.7 Å². The summed E-state index contributed by atoms with van der Waals surface area (Å²) in [4.78, 5) is 15.1. The van der Waals surface area contributed by atoms with Gasteiger partial charge in [0.2, 0.25) is 5.91 Å². The minimum atomic E-state index is -3.43. The maximum Gasteiger partial charge on any atom is 0.229 e. The fourth-order valence-corrected chi connectivity index (χ4v) is 6.36. The molecule has 0 unspecified atom stereocenters. The van der Waals surface area contributed by atoms with Gasteiger partial charge in [-0.15, -0.1) is 0 Å². The first-order chi connectivity index (χ1) is 14.7. The second-order valence-electron chi connectivity index (χ2n) is 9.08. The Balaban J connectivity index is 1.56. The summed E-state index contributed by atoms with van der Waals surface area (Å²) < 4.78 is 43.8. The van der Waals surface area contributed by atoms with E-state index in [1.54, 1.807) is 12.1 Å². The van der Waals surface area contributed by atoms with Crippen LogP contribution in [0.4, 0.5) is 4.39 Å². The molecule has 2 aliphatic rings. The number of amides is 1. The Morgan fingerprint density at radius 1 is 1.26 bits per heavy atom. The van der Waals surface area contributed by atoms with Gasteiger partial charge in [0.1, 0.15) is 12.4 Å². The predicted octanol–water partition coefficient (Wildman–Crippen LogP) is 3.47. The first-order valence-corrected chi connectivity index (χ1v) is 12.6. The van der Waals surface area contributed by atoms with Crippen molar-refractivity contribution in [3.05, 3.63) is 36.2 Å². The number of carbonyl (C=O) groups excluding carboxylic acids is 1. The molecule has 2 N–H and O–H groups in total. The number of rotatable bonds is 8. The lowest BCUT2D eigenvalue weighted by atomic mass is 9.70. The van der Waals surface area contributed by atoms with Crippen molar-refractivity contribution >= 4 is 15.7 Å². The molecule has 31 heavy (non-hydrogen) atoms. The fourth-order valence-electron chi connectivity index (χ4n) is 4.66. The number of sulfone groups is 1. The highest BCUT2D eigenvalue weighted by atomic mass is 32.2. The van der Waals surface area contributed by atoms with Crippen molar-refractivity contribution in [1.29, 1.82) is 0 Å². The standard InChI is InChI=1S/C23H33FN2O4S/c1-17(2)26-12-11-23(22(26)27)9-7-18(8-10-23)16-31(28,29)21-5-3-20(4-6-21)30-15-19(13-24)14-25/h3-6,13,17-18H,7-12,14-16,25H2,1-2H3/b19-13+. The zero-order chi connectivity index (χ0) is 22.6. The molecule has 1 saturated heterocycles. The van der Waals surface area contributed by atoms with Crippen molar-refractivity contribution in [3.8, 4) is 5.75 Å². The van der Waals surface area contributed by atoms with E-state index in [4.69, 9.17) is 10.5 Å². The first kappa shape index (κ1) is 23.7. The monoisotopic (exact) mass is 452 g/mol. The van der Waals surface area contributed by atoms with Gasteiger partial charge in [-0.25, -0.2) is 12.8 Å². The third kappa shape index (κ3) is 5.29. The Labute approximate surface area is 184 Å². The number of nitrogens with two attached hydrogens (primary N) is 1. The van der Waals surface area contributed by atoms with Crippen LogP contribution in [0.1, 0.15) is 46.0 Å². The van der Waals surface area contributed by atoms with E-state index in [1.165, 1.54) is 12.1 Å². The van der Waals surface area contributed by atoms with Crippen LogP contribution in [0.3, 0.4) is 0 Å². The van der Waals surface area contributed by atoms with Gasteiger partial charge in [0.05, 0.1) is 22.4 Å². The number of nitrogens with zero attached hydrogens (tertiary/aromatic N) is 1. The van der Waals surface area contributed by atoms with E-state index >= 15 is 0 Å². The molecule has 1 spiro atoms. The summed E-state index contributed by atoms with van der Waals surface area (Å²) in [5, 5.41) is 0. The Hall–Kier alpha value is -1.93. The summed E-state index contributed by atoms with van der Waals surface area (Å²) in [6.45, 7) is 4.98. The molecule has 0 atom stereocenters. The van der Waals surface area contributed by atoms with Gasteiger partial charge in [-0.1, -0.05) is 0 Å². The number of hydrogen-bond donors (Lipinski definition) is 1. The topological polar surface area (TPSA) is 89.7 Å². The number of hydrogen-bond acceptors (Lipinski definition) is 5. The largest absolute Gasteiger partial charge is 0.489 e. The Bertz CT molecular complexity index is 904. The smallest absolute Gasteiger partial charge is 0.229 e. The molecule has 0 aromatic heterocycles. The van der Waals surface area contributed by atoms with Gasteiger partial charge < -0.3 is 15.4 Å². The van der Waals surface area contributed by atoms with E-state index < -0.39 is 9.84 Å². The summed E-state index contributed by atoms with van der Waals surface area (Å²) in [5.74, 6) is 0.864. The molecule has 1 aromatic rings. The normalized spacial score (nSPS) is 24.9. The highest BCUT2D eigenvalue weighted by Gasteiger charge is 2.49. The Morgan fingerprint density at radius 2 is 1.90 bits per heavy atom. The van der Waals surface area contributed by atoms with Gasteiger partial charge >= 0.3 is 0 Å². The molecule has 1 aliphatic heterocycles. The third-order valence-corrected chi connectivity index (χ3v) is 8.61. The molecule has 6 nitrogen and oxygen atoms in total. The predicted molar refractivity (Wildman–Crippen MR) is 118 cm³/mol. The lowest BCUT2D eigenvalue weighted by Gasteiger charge is -2.36. The molecule has 172 valence electrons. The van der Waals surface area contributed by atoms with Crippen LogP contribution in [-0.2, 0) is 14.6 Å². The summed E-state index contributed by atoms with van der Waals surface area (Å²) in [5.41, 5.74) is 5.44. The van der Waals surface area contributed by atoms with Crippen molar-refractivity contribution in [2.45, 2.75) is 56.9 Å². The van der Waals surface area contributed by atoms with Gasteiger partial charge in [-0.2, -0.15) is 0 Å². The number of halogens is 1. The molecule has 1 heterocycles. The van der Waals surface area contributed by atoms with Crippen LogP contribution in [0.2, 0.25) is 0 Å². The van der Waals surface area contributed by atoms with Gasteiger partial charge in [-0.3, -0.25) is 4.79 Å². The van der Waals surface area contributed by atoms with E-state index in [9.17, 15) is 17.6 Å². The minimum Gasteiger partial charge on any atom is -0.489 e. The number of ether oxygens (including phenoxy) is 1.